The third-order valence-electron chi connectivity index (χ3n) is 4.49. The van der Waals surface area contributed by atoms with Crippen molar-refractivity contribution in [3.8, 4) is 0 Å². The summed E-state index contributed by atoms with van der Waals surface area (Å²) >= 11 is 10.4. The summed E-state index contributed by atoms with van der Waals surface area (Å²) in [5.41, 5.74) is 1.15. The monoisotopic (exact) mass is 368 g/mol. The van der Waals surface area contributed by atoms with E-state index in [0.29, 0.717) is 16.3 Å². The highest BCUT2D eigenvalue weighted by molar-refractivity contribution is 7.80. The number of ether oxygens (including phenoxy) is 1. The fraction of sp³-hybridized carbons (Fsp3) is 0.471. The van der Waals surface area contributed by atoms with Gasteiger partial charge in [0.05, 0.1) is 28.9 Å². The number of methoxy groups -OCH3 is 1. The van der Waals surface area contributed by atoms with Crippen LogP contribution in [0.4, 0.5) is 0 Å². The average molecular weight is 369 g/mol. The predicted molar refractivity (Wildman–Crippen MR) is 101 cm³/mol. The molecule has 0 radical (unpaired) electrons. The van der Waals surface area contributed by atoms with E-state index in [-0.39, 0.29) is 0 Å². The Morgan fingerprint density at radius 2 is 1.88 bits per heavy atom. The molecule has 0 bridgehead atoms. The largest absolute Gasteiger partial charge is 0.491 e. The zero-order valence-electron chi connectivity index (χ0n) is 14.6. The average Bonchev–Trinajstić information content (AvgIpc) is 2.73. The molecular weight excluding hydrogens is 347 g/mol. The fourth-order valence-corrected chi connectivity index (χ4v) is 2.73. The Labute approximate surface area is 154 Å². The van der Waals surface area contributed by atoms with Gasteiger partial charge in [-0.15, -0.1) is 0 Å². The zero-order valence-corrected chi connectivity index (χ0v) is 16.2. The van der Waals surface area contributed by atoms with Gasteiger partial charge in [0.15, 0.2) is 0 Å². The van der Waals surface area contributed by atoms with Crippen molar-refractivity contribution in [3.05, 3.63) is 39.8 Å². The highest BCUT2D eigenvalue weighted by atomic mass is 35.5. The van der Waals surface area contributed by atoms with Crippen LogP contribution < -0.4 is 0 Å². The molecule has 7 heteroatoms. The van der Waals surface area contributed by atoms with Gasteiger partial charge in [-0.25, -0.2) is 4.79 Å². The van der Waals surface area contributed by atoms with Crippen LogP contribution >= 0.6 is 24.2 Å². The summed E-state index contributed by atoms with van der Waals surface area (Å²) in [7, 11) is 0.842. The maximum Gasteiger partial charge on any atom is 0.491 e. The number of hydrogen-bond donors (Lipinski definition) is 1. The second kappa shape index (κ2) is 7.12. The van der Waals surface area contributed by atoms with Gasteiger partial charge in [0.1, 0.15) is 0 Å². The van der Waals surface area contributed by atoms with Gasteiger partial charge in [-0.1, -0.05) is 23.7 Å². The van der Waals surface area contributed by atoms with Crippen LogP contribution in [0.2, 0.25) is 5.02 Å². The highest BCUT2D eigenvalue weighted by Gasteiger charge is 2.52. The molecule has 0 atom stereocenters. The molecule has 130 valence electrons. The molecule has 0 saturated carbocycles. The SMILES string of the molecule is COC(=O)c1cc(C=C(CS)B2OC(C)(C)C(C)(C)O2)ccc1Cl. The molecule has 0 unspecified atom stereocenters. The van der Waals surface area contributed by atoms with Crippen molar-refractivity contribution in [1.82, 2.24) is 0 Å². The molecule has 0 aromatic heterocycles. The normalized spacial score (nSPS) is 19.5. The van der Waals surface area contributed by atoms with Crippen molar-refractivity contribution in [2.24, 2.45) is 0 Å². The van der Waals surface area contributed by atoms with Crippen LogP contribution in [0.3, 0.4) is 0 Å². The van der Waals surface area contributed by atoms with Gasteiger partial charge < -0.3 is 14.0 Å². The third kappa shape index (κ3) is 3.82. The summed E-state index contributed by atoms with van der Waals surface area (Å²) in [6.07, 6.45) is 1.90. The van der Waals surface area contributed by atoms with E-state index in [0.717, 1.165) is 11.0 Å². The van der Waals surface area contributed by atoms with E-state index < -0.39 is 24.3 Å². The smallest absolute Gasteiger partial charge is 0.465 e. The van der Waals surface area contributed by atoms with Gasteiger partial charge in [0.25, 0.3) is 0 Å². The Morgan fingerprint density at radius 1 is 1.29 bits per heavy atom. The van der Waals surface area contributed by atoms with Crippen LogP contribution in [0.25, 0.3) is 6.08 Å². The molecule has 0 amide bonds. The molecule has 1 aromatic rings. The van der Waals surface area contributed by atoms with Gasteiger partial charge in [-0.2, -0.15) is 12.6 Å². The standard InChI is InChI=1S/C17H22BClO4S/c1-16(2)17(3,4)23-18(22-16)12(10-24)8-11-6-7-14(19)13(9-11)15(20)21-5/h6-9,24H,10H2,1-5H3. The molecule has 24 heavy (non-hydrogen) atoms. The van der Waals surface area contributed by atoms with E-state index in [1.165, 1.54) is 7.11 Å². The summed E-state index contributed by atoms with van der Waals surface area (Å²) in [6.45, 7) is 8.00. The summed E-state index contributed by atoms with van der Waals surface area (Å²) in [5, 5.41) is 0.349. The number of carbonyl (C=O) groups excluding carboxylic acids is 1. The Morgan fingerprint density at radius 3 is 2.38 bits per heavy atom. The molecule has 2 rings (SSSR count). The second-order valence-electron chi connectivity index (χ2n) is 6.70. The minimum Gasteiger partial charge on any atom is -0.465 e. The minimum atomic E-state index is -0.482. The summed E-state index contributed by atoms with van der Waals surface area (Å²) in [4.78, 5) is 11.8. The van der Waals surface area contributed by atoms with Gasteiger partial charge in [-0.05, 0) is 50.9 Å². The van der Waals surface area contributed by atoms with Crippen molar-refractivity contribution < 1.29 is 18.8 Å². The molecule has 1 aliphatic rings. The van der Waals surface area contributed by atoms with Crippen LogP contribution in [0.5, 0.6) is 0 Å². The van der Waals surface area contributed by atoms with E-state index >= 15 is 0 Å². The van der Waals surface area contributed by atoms with Crippen LogP contribution in [0.1, 0.15) is 43.6 Å². The fourth-order valence-electron chi connectivity index (χ4n) is 2.30. The molecule has 1 saturated heterocycles. The lowest BCUT2D eigenvalue weighted by molar-refractivity contribution is 0.00578. The van der Waals surface area contributed by atoms with Gasteiger partial charge in [0, 0.05) is 5.75 Å². The molecule has 4 nitrogen and oxygen atoms in total. The van der Waals surface area contributed by atoms with E-state index in [2.05, 4.69) is 12.6 Å². The number of thiol groups is 1. The Balaban J connectivity index is 2.34. The second-order valence-corrected chi connectivity index (χ2v) is 7.42. The number of carbonyl (C=O) groups is 1. The van der Waals surface area contributed by atoms with Crippen LogP contribution in [0, 0.1) is 0 Å². The quantitative estimate of drug-likeness (QED) is 0.494. The first-order chi connectivity index (χ1) is 11.1. The maximum absolute atomic E-state index is 11.8. The topological polar surface area (TPSA) is 44.8 Å². The molecule has 1 heterocycles. The number of rotatable bonds is 4. The van der Waals surface area contributed by atoms with Crippen molar-refractivity contribution in [2.75, 3.05) is 12.9 Å². The van der Waals surface area contributed by atoms with Crippen LogP contribution in [-0.4, -0.2) is 37.2 Å². The lowest BCUT2D eigenvalue weighted by atomic mass is 9.78. The van der Waals surface area contributed by atoms with Crippen LogP contribution in [-0.2, 0) is 14.0 Å². The summed E-state index contributed by atoms with van der Waals surface area (Å²) in [5.74, 6) is -0.00850. The number of esters is 1. The van der Waals surface area contributed by atoms with E-state index in [4.69, 9.17) is 25.6 Å². The first kappa shape index (κ1) is 19.4. The Hall–Kier alpha value is -0.945. The summed E-state index contributed by atoms with van der Waals surface area (Å²) in [6, 6.07) is 5.17. The highest BCUT2D eigenvalue weighted by Crippen LogP contribution is 2.39. The minimum absolute atomic E-state index is 0.320. The number of benzene rings is 1. The van der Waals surface area contributed by atoms with Crippen LogP contribution in [0.15, 0.2) is 23.7 Å². The van der Waals surface area contributed by atoms with Crippen molar-refractivity contribution in [2.45, 2.75) is 38.9 Å². The molecule has 1 aromatic carbocycles. The molecule has 0 spiro atoms. The summed E-state index contributed by atoms with van der Waals surface area (Å²) < 4.78 is 16.9. The van der Waals surface area contributed by atoms with Gasteiger partial charge in [0.2, 0.25) is 0 Å². The number of halogens is 1. The van der Waals surface area contributed by atoms with Gasteiger partial charge >= 0.3 is 13.1 Å². The first-order valence-corrected chi connectivity index (χ1v) is 8.67. The lowest BCUT2D eigenvalue weighted by Crippen LogP contribution is -2.41. The maximum atomic E-state index is 11.8. The van der Waals surface area contributed by atoms with E-state index in [1.54, 1.807) is 12.1 Å². The van der Waals surface area contributed by atoms with E-state index in [9.17, 15) is 4.79 Å². The third-order valence-corrected chi connectivity index (χ3v) is 5.18. The molecule has 0 N–H and O–H groups in total. The van der Waals surface area contributed by atoms with E-state index in [1.807, 2.05) is 39.8 Å². The first-order valence-electron chi connectivity index (χ1n) is 7.66. The lowest BCUT2D eigenvalue weighted by Gasteiger charge is -2.32. The van der Waals surface area contributed by atoms with Crippen molar-refractivity contribution in [1.29, 1.82) is 0 Å². The molecule has 1 fully saturated rings. The molecular formula is C17H22BClO4S. The predicted octanol–water partition coefficient (Wildman–Crippen LogP) is 4.07. The molecule has 1 aliphatic heterocycles. The Kier molecular flexibility index (Phi) is 5.75. The van der Waals surface area contributed by atoms with Crippen molar-refractivity contribution in [3.63, 3.8) is 0 Å². The Bertz CT molecular complexity index is 657. The van der Waals surface area contributed by atoms with Gasteiger partial charge in [-0.3, -0.25) is 0 Å². The number of hydrogen-bond acceptors (Lipinski definition) is 5. The molecule has 0 aliphatic carbocycles. The van der Waals surface area contributed by atoms with Crippen molar-refractivity contribution >= 4 is 43.4 Å². The zero-order chi connectivity index (χ0) is 18.1.